The van der Waals surface area contributed by atoms with Gasteiger partial charge in [0.2, 0.25) is 0 Å². The molecule has 0 aliphatic carbocycles. The summed E-state index contributed by atoms with van der Waals surface area (Å²) in [6.07, 6.45) is 1.01. The summed E-state index contributed by atoms with van der Waals surface area (Å²) in [6, 6.07) is 19.5. The van der Waals surface area contributed by atoms with Gasteiger partial charge >= 0.3 is 0 Å². The Balaban J connectivity index is 2.10. The molecule has 0 amide bonds. The van der Waals surface area contributed by atoms with Gasteiger partial charge in [-0.25, -0.2) is 0 Å². The van der Waals surface area contributed by atoms with Gasteiger partial charge in [-0.3, -0.25) is 0 Å². The largest absolute Gasteiger partial charge is 0.126 e. The Kier molecular flexibility index (Phi) is 5.04. The maximum atomic E-state index is 6.13. The molecule has 0 N–H and O–H groups in total. The molecule has 0 fully saturated rings. The lowest BCUT2D eigenvalue weighted by Crippen LogP contribution is -2.04. The summed E-state index contributed by atoms with van der Waals surface area (Å²) in [6.45, 7) is 4.45. The van der Waals surface area contributed by atoms with Crippen LogP contribution >= 0.6 is 11.6 Å². The summed E-state index contributed by atoms with van der Waals surface area (Å²) >= 11 is 6.13. The first-order valence-corrected chi connectivity index (χ1v) is 7.44. The fraction of sp³-hybridized carbons (Fsp3) is 0.333. The van der Waals surface area contributed by atoms with Gasteiger partial charge in [-0.2, -0.15) is 0 Å². The monoisotopic (exact) mass is 272 g/mol. The molecule has 19 heavy (non-hydrogen) atoms. The summed E-state index contributed by atoms with van der Waals surface area (Å²) in [5.41, 5.74) is 4.08. The third-order valence-corrected chi connectivity index (χ3v) is 3.96. The molecular formula is C18H21Cl. The van der Waals surface area contributed by atoms with Crippen molar-refractivity contribution < 1.29 is 0 Å². The first-order chi connectivity index (χ1) is 9.20. The van der Waals surface area contributed by atoms with Crippen LogP contribution in [0.25, 0.3) is 0 Å². The number of hydrogen-bond donors (Lipinski definition) is 0. The minimum Gasteiger partial charge on any atom is -0.126 e. The highest BCUT2D eigenvalue weighted by atomic mass is 35.5. The van der Waals surface area contributed by atoms with E-state index in [2.05, 4.69) is 62.4 Å². The molecule has 0 saturated carbocycles. The van der Waals surface area contributed by atoms with Crippen LogP contribution in [0.3, 0.4) is 0 Å². The molecule has 2 aromatic carbocycles. The Labute approximate surface area is 121 Å². The molecular weight excluding hydrogens is 252 g/mol. The number of halogens is 1. The van der Waals surface area contributed by atoms with Gasteiger partial charge in [-0.15, -0.1) is 11.6 Å². The van der Waals surface area contributed by atoms with Crippen molar-refractivity contribution in [2.24, 2.45) is 0 Å². The highest BCUT2D eigenvalue weighted by Crippen LogP contribution is 2.23. The minimum atomic E-state index is 0.396. The highest BCUT2D eigenvalue weighted by molar-refractivity contribution is 6.18. The summed E-state index contributed by atoms with van der Waals surface area (Å²) in [5, 5.41) is 0. The molecule has 0 spiro atoms. The Hall–Kier alpha value is -1.27. The van der Waals surface area contributed by atoms with Crippen molar-refractivity contribution >= 4 is 11.6 Å². The van der Waals surface area contributed by atoms with Crippen LogP contribution in [0.4, 0.5) is 0 Å². The fourth-order valence-corrected chi connectivity index (χ4v) is 2.60. The van der Waals surface area contributed by atoms with Crippen molar-refractivity contribution in [3.8, 4) is 0 Å². The first-order valence-electron chi connectivity index (χ1n) is 6.90. The standard InChI is InChI=1S/C18H21Cl/c1-14(2)16-10-8-15(9-11-16)12-18(13-19)17-6-4-3-5-7-17/h3-11,14,18H,12-13H2,1-2H3. The van der Waals surface area contributed by atoms with Gasteiger partial charge in [0.25, 0.3) is 0 Å². The van der Waals surface area contributed by atoms with Crippen molar-refractivity contribution in [1.29, 1.82) is 0 Å². The summed E-state index contributed by atoms with van der Waals surface area (Å²) in [7, 11) is 0. The summed E-state index contributed by atoms with van der Waals surface area (Å²) < 4.78 is 0. The molecule has 0 aliphatic heterocycles. The van der Waals surface area contributed by atoms with Gasteiger partial charge < -0.3 is 0 Å². The Morgan fingerprint density at radius 1 is 0.842 bits per heavy atom. The van der Waals surface area contributed by atoms with Crippen molar-refractivity contribution in [3.63, 3.8) is 0 Å². The van der Waals surface area contributed by atoms with E-state index in [0.717, 1.165) is 6.42 Å². The average Bonchev–Trinajstić information content (AvgIpc) is 2.46. The van der Waals surface area contributed by atoms with E-state index in [9.17, 15) is 0 Å². The molecule has 0 nitrogen and oxygen atoms in total. The predicted molar refractivity (Wildman–Crippen MR) is 84.1 cm³/mol. The molecule has 0 aromatic heterocycles. The van der Waals surface area contributed by atoms with Crippen molar-refractivity contribution in [2.45, 2.75) is 32.1 Å². The Bertz CT molecular complexity index is 485. The molecule has 0 aliphatic rings. The molecule has 100 valence electrons. The summed E-state index contributed by atoms with van der Waals surface area (Å²) in [5.74, 6) is 1.65. The predicted octanol–water partition coefficient (Wildman–Crippen LogP) is 5.38. The number of benzene rings is 2. The van der Waals surface area contributed by atoms with Crippen LogP contribution in [0.2, 0.25) is 0 Å². The second kappa shape index (κ2) is 6.77. The van der Waals surface area contributed by atoms with Gasteiger partial charge in [-0.05, 0) is 29.0 Å². The van der Waals surface area contributed by atoms with Gasteiger partial charge in [0, 0.05) is 11.8 Å². The van der Waals surface area contributed by atoms with Gasteiger partial charge in [0.15, 0.2) is 0 Å². The molecule has 2 rings (SSSR count). The molecule has 2 aromatic rings. The molecule has 1 atom stereocenters. The maximum Gasteiger partial charge on any atom is 0.0295 e. The number of rotatable bonds is 5. The van der Waals surface area contributed by atoms with Crippen molar-refractivity contribution in [1.82, 2.24) is 0 Å². The quantitative estimate of drug-likeness (QED) is 0.642. The highest BCUT2D eigenvalue weighted by Gasteiger charge is 2.11. The third kappa shape index (κ3) is 3.84. The second-order valence-electron chi connectivity index (χ2n) is 5.36. The zero-order valence-electron chi connectivity index (χ0n) is 11.6. The fourth-order valence-electron chi connectivity index (χ4n) is 2.31. The van der Waals surface area contributed by atoms with E-state index >= 15 is 0 Å². The molecule has 0 bridgehead atoms. The molecule has 1 heteroatoms. The van der Waals surface area contributed by atoms with Crippen LogP contribution in [0.5, 0.6) is 0 Å². The van der Waals surface area contributed by atoms with E-state index in [1.165, 1.54) is 16.7 Å². The van der Waals surface area contributed by atoms with E-state index in [1.807, 2.05) is 6.07 Å². The number of alkyl halides is 1. The molecule has 0 radical (unpaired) electrons. The van der Waals surface area contributed by atoms with E-state index in [4.69, 9.17) is 11.6 Å². The normalized spacial score (nSPS) is 12.6. The lowest BCUT2D eigenvalue weighted by atomic mass is 9.92. The molecule has 1 unspecified atom stereocenters. The van der Waals surface area contributed by atoms with Crippen molar-refractivity contribution in [3.05, 3.63) is 71.3 Å². The van der Waals surface area contributed by atoms with Gasteiger partial charge in [0.1, 0.15) is 0 Å². The SMILES string of the molecule is CC(C)c1ccc(CC(CCl)c2ccccc2)cc1. The second-order valence-corrected chi connectivity index (χ2v) is 5.67. The first kappa shape index (κ1) is 14.1. The number of hydrogen-bond acceptors (Lipinski definition) is 0. The maximum absolute atomic E-state index is 6.13. The van der Waals surface area contributed by atoms with E-state index in [-0.39, 0.29) is 0 Å². The van der Waals surface area contributed by atoms with Crippen LogP contribution in [0.15, 0.2) is 54.6 Å². The lowest BCUT2D eigenvalue weighted by Gasteiger charge is -2.15. The average molecular weight is 273 g/mol. The topological polar surface area (TPSA) is 0 Å². The van der Waals surface area contributed by atoms with E-state index in [1.54, 1.807) is 0 Å². The zero-order valence-corrected chi connectivity index (χ0v) is 12.4. The van der Waals surface area contributed by atoms with Crippen LogP contribution in [0.1, 0.15) is 42.4 Å². The Morgan fingerprint density at radius 2 is 1.47 bits per heavy atom. The third-order valence-electron chi connectivity index (χ3n) is 3.59. The van der Waals surface area contributed by atoms with E-state index < -0.39 is 0 Å². The molecule has 0 saturated heterocycles. The van der Waals surface area contributed by atoms with Gasteiger partial charge in [-0.1, -0.05) is 68.4 Å². The van der Waals surface area contributed by atoms with E-state index in [0.29, 0.717) is 17.7 Å². The van der Waals surface area contributed by atoms with Gasteiger partial charge in [0.05, 0.1) is 0 Å². The van der Waals surface area contributed by atoms with Crippen LogP contribution < -0.4 is 0 Å². The van der Waals surface area contributed by atoms with Crippen molar-refractivity contribution in [2.75, 3.05) is 5.88 Å². The Morgan fingerprint density at radius 3 is 2.00 bits per heavy atom. The zero-order chi connectivity index (χ0) is 13.7. The smallest absolute Gasteiger partial charge is 0.0295 e. The molecule has 0 heterocycles. The van der Waals surface area contributed by atoms with Crippen LogP contribution in [-0.4, -0.2) is 5.88 Å². The minimum absolute atomic E-state index is 0.396. The van der Waals surface area contributed by atoms with Crippen LogP contribution in [0, 0.1) is 0 Å². The summed E-state index contributed by atoms with van der Waals surface area (Å²) in [4.78, 5) is 0. The van der Waals surface area contributed by atoms with Crippen LogP contribution in [-0.2, 0) is 6.42 Å². The lowest BCUT2D eigenvalue weighted by molar-refractivity contribution is 0.764.